The van der Waals surface area contributed by atoms with E-state index in [0.717, 1.165) is 17.8 Å². The molecular formula is C19H20N6O5S2. The number of aromatic nitrogens is 4. The van der Waals surface area contributed by atoms with Gasteiger partial charge in [-0.3, -0.25) is 9.59 Å². The number of aryl methyl sites for hydroxylation is 1. The summed E-state index contributed by atoms with van der Waals surface area (Å²) < 4.78 is 27.3. The number of carbonyl (C=O) groups excluding carboxylic acids is 1. The Morgan fingerprint density at radius 1 is 1.22 bits per heavy atom. The zero-order chi connectivity index (χ0) is 23.3. The lowest BCUT2D eigenvalue weighted by Crippen LogP contribution is -2.25. The van der Waals surface area contributed by atoms with Crippen LogP contribution in [0.4, 0.5) is 11.6 Å². The molecule has 0 saturated heterocycles. The summed E-state index contributed by atoms with van der Waals surface area (Å²) in [5.74, 6) is -0.845. The summed E-state index contributed by atoms with van der Waals surface area (Å²) in [6, 6.07) is 8.17. The molecule has 1 unspecified atom stereocenters. The third-order valence-corrected chi connectivity index (χ3v) is 6.67. The first-order valence-corrected chi connectivity index (χ1v) is 11.7. The second kappa shape index (κ2) is 9.78. The van der Waals surface area contributed by atoms with E-state index < -0.39 is 26.7 Å². The number of aromatic hydroxyl groups is 1. The number of anilines is 2. The van der Waals surface area contributed by atoms with Gasteiger partial charge in [-0.15, -0.1) is 0 Å². The van der Waals surface area contributed by atoms with Crippen molar-refractivity contribution >= 4 is 39.3 Å². The van der Waals surface area contributed by atoms with Crippen molar-refractivity contribution in [3.05, 3.63) is 58.6 Å². The minimum Gasteiger partial charge on any atom is -0.493 e. The summed E-state index contributed by atoms with van der Waals surface area (Å²) in [7, 11) is -3.90. The van der Waals surface area contributed by atoms with E-state index in [4.69, 9.17) is 0 Å². The van der Waals surface area contributed by atoms with Gasteiger partial charge in [0.2, 0.25) is 17.7 Å². The van der Waals surface area contributed by atoms with Gasteiger partial charge in [-0.25, -0.2) is 23.1 Å². The van der Waals surface area contributed by atoms with Gasteiger partial charge in [-0.05, 0) is 43.7 Å². The second-order valence-electron chi connectivity index (χ2n) is 6.56. The van der Waals surface area contributed by atoms with Gasteiger partial charge < -0.3 is 15.4 Å². The van der Waals surface area contributed by atoms with E-state index in [1.165, 1.54) is 30.5 Å². The number of carbonyl (C=O) groups is 1. The maximum absolute atomic E-state index is 12.6. The minimum atomic E-state index is -3.90. The van der Waals surface area contributed by atoms with Crippen molar-refractivity contribution in [2.24, 2.45) is 0 Å². The zero-order valence-corrected chi connectivity index (χ0v) is 18.7. The fourth-order valence-corrected chi connectivity index (χ4v) is 4.41. The Hall–Kier alpha value is -3.45. The summed E-state index contributed by atoms with van der Waals surface area (Å²) in [6.07, 6.45) is 1.87. The topological polar surface area (TPSA) is 167 Å². The van der Waals surface area contributed by atoms with Crippen molar-refractivity contribution in [3.63, 3.8) is 0 Å². The average Bonchev–Trinajstić information content (AvgIpc) is 2.71. The molecule has 3 aromatic rings. The number of thioether (sulfide) groups is 1. The highest BCUT2D eigenvalue weighted by molar-refractivity contribution is 8.00. The molecule has 32 heavy (non-hydrogen) atoms. The normalized spacial score (nSPS) is 12.2. The van der Waals surface area contributed by atoms with Gasteiger partial charge in [0.25, 0.3) is 15.6 Å². The van der Waals surface area contributed by atoms with E-state index in [0.29, 0.717) is 17.8 Å². The summed E-state index contributed by atoms with van der Waals surface area (Å²) in [5.41, 5.74) is 0.470. The number of nitrogens with one attached hydrogen (secondary N) is 3. The van der Waals surface area contributed by atoms with Gasteiger partial charge >= 0.3 is 0 Å². The zero-order valence-electron chi connectivity index (χ0n) is 17.1. The van der Waals surface area contributed by atoms with Gasteiger partial charge in [0.05, 0.1) is 16.2 Å². The molecule has 4 N–H and O–H groups in total. The largest absolute Gasteiger partial charge is 0.493 e. The quantitative estimate of drug-likeness (QED) is 0.280. The van der Waals surface area contributed by atoms with E-state index in [9.17, 15) is 23.1 Å². The van der Waals surface area contributed by atoms with Crippen LogP contribution in [0.25, 0.3) is 0 Å². The molecule has 0 fully saturated rings. The third-order valence-electron chi connectivity index (χ3n) is 4.08. The van der Waals surface area contributed by atoms with Gasteiger partial charge in [-0.1, -0.05) is 18.7 Å². The number of rotatable bonds is 8. The summed E-state index contributed by atoms with van der Waals surface area (Å²) in [5, 5.41) is 11.6. The van der Waals surface area contributed by atoms with Crippen molar-refractivity contribution in [2.75, 3.05) is 10.0 Å². The molecule has 2 heterocycles. The number of amides is 1. The predicted molar refractivity (Wildman–Crippen MR) is 119 cm³/mol. The van der Waals surface area contributed by atoms with Crippen LogP contribution in [0.1, 0.15) is 19.0 Å². The Morgan fingerprint density at radius 3 is 2.56 bits per heavy atom. The highest BCUT2D eigenvalue weighted by atomic mass is 32.2. The van der Waals surface area contributed by atoms with Crippen LogP contribution in [0.15, 0.2) is 57.4 Å². The molecule has 168 valence electrons. The number of aromatic amines is 1. The van der Waals surface area contributed by atoms with E-state index in [2.05, 4.69) is 30.0 Å². The van der Waals surface area contributed by atoms with E-state index in [1.807, 2.05) is 0 Å². The molecule has 0 aliphatic rings. The molecule has 0 saturated carbocycles. The highest BCUT2D eigenvalue weighted by Gasteiger charge is 2.21. The molecule has 11 nitrogen and oxygen atoms in total. The number of sulfonamides is 1. The number of nitrogens with zero attached hydrogens (tertiary/aromatic N) is 3. The van der Waals surface area contributed by atoms with Crippen LogP contribution in [-0.4, -0.2) is 44.6 Å². The molecule has 2 aromatic heterocycles. The Kier molecular flexibility index (Phi) is 7.10. The van der Waals surface area contributed by atoms with Crippen LogP contribution in [-0.2, 0) is 14.8 Å². The molecule has 13 heteroatoms. The standard InChI is InChI=1S/C19H20N6O5S2/c1-3-14(31-19-23-15(26)10-16(27)24-19)17(28)22-12-4-6-13(7-5-12)32(29,30)25-18-20-9-8-11(2)21-18/h4-10,14H,3H2,1-2H3,(H,22,28)(H,20,21,25)(H2,23,24,26,27). The number of benzene rings is 1. The van der Waals surface area contributed by atoms with Crippen LogP contribution in [0.5, 0.6) is 5.88 Å². The van der Waals surface area contributed by atoms with Crippen molar-refractivity contribution in [3.8, 4) is 5.88 Å². The fourth-order valence-electron chi connectivity index (χ4n) is 2.55. The van der Waals surface area contributed by atoms with E-state index in [-0.39, 0.29) is 21.9 Å². The lowest BCUT2D eigenvalue weighted by atomic mass is 10.3. The molecule has 1 atom stereocenters. The molecule has 0 radical (unpaired) electrons. The summed E-state index contributed by atoms with van der Waals surface area (Å²) in [6.45, 7) is 3.50. The average molecular weight is 477 g/mol. The Bertz CT molecular complexity index is 1280. The molecule has 0 aliphatic carbocycles. The SMILES string of the molecule is CCC(Sc1nc(O)cc(=O)[nH]1)C(=O)Nc1ccc(S(=O)(=O)Nc2nccc(C)n2)cc1. The monoisotopic (exact) mass is 476 g/mol. The first-order valence-electron chi connectivity index (χ1n) is 9.36. The van der Waals surface area contributed by atoms with Gasteiger partial charge in [0.15, 0.2) is 5.16 Å². The molecule has 0 spiro atoms. The van der Waals surface area contributed by atoms with Crippen molar-refractivity contribution in [2.45, 2.75) is 35.6 Å². The summed E-state index contributed by atoms with van der Waals surface area (Å²) in [4.78, 5) is 38.2. The Morgan fingerprint density at radius 2 is 1.94 bits per heavy atom. The first-order chi connectivity index (χ1) is 15.2. The molecule has 1 aromatic carbocycles. The van der Waals surface area contributed by atoms with Crippen LogP contribution in [0.2, 0.25) is 0 Å². The van der Waals surface area contributed by atoms with Gasteiger partial charge in [0, 0.05) is 17.6 Å². The van der Waals surface area contributed by atoms with Crippen molar-refractivity contribution in [1.82, 2.24) is 19.9 Å². The molecule has 3 rings (SSSR count). The van der Waals surface area contributed by atoms with E-state index in [1.54, 1.807) is 19.9 Å². The number of H-pyrrole nitrogens is 1. The lowest BCUT2D eigenvalue weighted by molar-refractivity contribution is -0.115. The third kappa shape index (κ3) is 6.04. The van der Waals surface area contributed by atoms with Crippen LogP contribution in [0, 0.1) is 6.92 Å². The Balaban J connectivity index is 1.68. The maximum Gasteiger partial charge on any atom is 0.264 e. The van der Waals surface area contributed by atoms with Crippen molar-refractivity contribution in [1.29, 1.82) is 0 Å². The van der Waals surface area contributed by atoms with Gasteiger partial charge in [0.1, 0.15) is 0 Å². The lowest BCUT2D eigenvalue weighted by Gasteiger charge is -2.14. The smallest absolute Gasteiger partial charge is 0.264 e. The van der Waals surface area contributed by atoms with E-state index >= 15 is 0 Å². The number of hydrogen-bond acceptors (Lipinski definition) is 9. The van der Waals surface area contributed by atoms with Crippen LogP contribution >= 0.6 is 11.8 Å². The molecule has 0 aliphatic heterocycles. The van der Waals surface area contributed by atoms with Crippen LogP contribution in [0.3, 0.4) is 0 Å². The summed E-state index contributed by atoms with van der Waals surface area (Å²) >= 11 is 0.996. The number of hydrogen-bond donors (Lipinski definition) is 4. The minimum absolute atomic E-state index is 0.0245. The molecule has 1 amide bonds. The second-order valence-corrected chi connectivity index (χ2v) is 9.44. The maximum atomic E-state index is 12.6. The molecular weight excluding hydrogens is 456 g/mol. The predicted octanol–water partition coefficient (Wildman–Crippen LogP) is 1.88. The Labute approximate surface area is 187 Å². The van der Waals surface area contributed by atoms with Gasteiger partial charge in [-0.2, -0.15) is 4.98 Å². The fraction of sp³-hybridized carbons (Fsp3) is 0.211. The first kappa shape index (κ1) is 23.2. The van der Waals surface area contributed by atoms with Crippen LogP contribution < -0.4 is 15.6 Å². The molecule has 0 bridgehead atoms. The van der Waals surface area contributed by atoms with Crippen molar-refractivity contribution < 1.29 is 18.3 Å². The highest BCUT2D eigenvalue weighted by Crippen LogP contribution is 2.24.